The molecule has 0 bridgehead atoms. The first-order chi connectivity index (χ1) is 12.6. The van der Waals surface area contributed by atoms with Gasteiger partial charge in [-0.3, -0.25) is 9.36 Å². The number of thioether (sulfide) groups is 1. The number of benzene rings is 1. The third kappa shape index (κ3) is 3.20. The average Bonchev–Trinajstić information content (AvgIpc) is 3.12. The lowest BCUT2D eigenvalue weighted by Crippen LogP contribution is -2.30. The van der Waals surface area contributed by atoms with Gasteiger partial charge in [-0.25, -0.2) is 4.79 Å². The van der Waals surface area contributed by atoms with E-state index in [1.807, 2.05) is 18.2 Å². The summed E-state index contributed by atoms with van der Waals surface area (Å²) < 4.78 is 1.51. The molecule has 1 atom stereocenters. The molecule has 4 rings (SSSR count). The molecule has 0 amide bonds. The SMILES string of the molecule is O=C(O)[C@@H]1CSc2c(Cc3ccccc3)c(C3CCCCC3)cc(=O)n21. The Morgan fingerprint density at radius 2 is 1.88 bits per heavy atom. The highest BCUT2D eigenvalue weighted by Crippen LogP contribution is 2.41. The standard InChI is InChI=1S/C21H23NO3S/c23-19-12-16(15-9-5-2-6-10-15)17(11-14-7-3-1-4-8-14)20-22(19)18(13-26-20)21(24)25/h1,3-4,7-8,12,15,18H,2,5-6,9-11,13H2,(H,24,25)/t18-/m0/s1. The molecule has 26 heavy (non-hydrogen) atoms. The summed E-state index contributed by atoms with van der Waals surface area (Å²) in [6.45, 7) is 0. The molecule has 4 nitrogen and oxygen atoms in total. The Morgan fingerprint density at radius 1 is 1.15 bits per heavy atom. The first-order valence-corrected chi connectivity index (χ1v) is 10.3. The van der Waals surface area contributed by atoms with Crippen LogP contribution in [0.15, 0.2) is 46.2 Å². The number of nitrogens with zero attached hydrogens (tertiary/aromatic N) is 1. The quantitative estimate of drug-likeness (QED) is 0.877. The third-order valence-corrected chi connectivity index (χ3v) is 6.78. The smallest absolute Gasteiger partial charge is 0.327 e. The van der Waals surface area contributed by atoms with Crippen LogP contribution in [0.4, 0.5) is 0 Å². The van der Waals surface area contributed by atoms with Crippen LogP contribution in [0.1, 0.15) is 60.8 Å². The average molecular weight is 369 g/mol. The van der Waals surface area contributed by atoms with Gasteiger partial charge in [0.1, 0.15) is 6.04 Å². The fourth-order valence-corrected chi connectivity index (χ4v) is 5.61. The van der Waals surface area contributed by atoms with Crippen LogP contribution >= 0.6 is 11.8 Å². The van der Waals surface area contributed by atoms with Gasteiger partial charge in [0, 0.05) is 18.2 Å². The molecule has 136 valence electrons. The normalized spacial score (nSPS) is 20.1. The van der Waals surface area contributed by atoms with Crippen molar-refractivity contribution in [2.75, 3.05) is 5.75 Å². The van der Waals surface area contributed by atoms with Crippen molar-refractivity contribution in [3.63, 3.8) is 0 Å². The minimum Gasteiger partial charge on any atom is -0.480 e. The molecule has 1 N–H and O–H groups in total. The Kier molecular flexibility index (Phi) is 4.90. The lowest BCUT2D eigenvalue weighted by molar-refractivity contribution is -0.140. The van der Waals surface area contributed by atoms with E-state index in [2.05, 4.69) is 12.1 Å². The Labute approximate surface area is 157 Å². The molecule has 0 saturated heterocycles. The second kappa shape index (κ2) is 7.31. The molecule has 2 aromatic rings. The van der Waals surface area contributed by atoms with Crippen molar-refractivity contribution in [3.8, 4) is 0 Å². The van der Waals surface area contributed by atoms with E-state index < -0.39 is 12.0 Å². The number of carbonyl (C=O) groups is 1. The number of hydrogen-bond acceptors (Lipinski definition) is 3. The number of carboxylic acids is 1. The maximum atomic E-state index is 12.8. The van der Waals surface area contributed by atoms with Crippen LogP contribution in [-0.4, -0.2) is 21.4 Å². The molecular formula is C21H23NO3S. The number of hydrogen-bond donors (Lipinski definition) is 1. The predicted octanol–water partition coefficient (Wildman–Crippen LogP) is 4.22. The van der Waals surface area contributed by atoms with Crippen LogP contribution < -0.4 is 5.56 Å². The molecule has 0 unspecified atom stereocenters. The van der Waals surface area contributed by atoms with Gasteiger partial charge in [0.05, 0.1) is 5.03 Å². The van der Waals surface area contributed by atoms with E-state index in [-0.39, 0.29) is 5.56 Å². The zero-order valence-electron chi connectivity index (χ0n) is 14.7. The molecule has 1 aromatic heterocycles. The van der Waals surface area contributed by atoms with Crippen molar-refractivity contribution in [2.24, 2.45) is 0 Å². The first-order valence-electron chi connectivity index (χ1n) is 9.33. The Morgan fingerprint density at radius 3 is 2.58 bits per heavy atom. The Balaban J connectivity index is 1.84. The monoisotopic (exact) mass is 369 g/mol. The zero-order valence-corrected chi connectivity index (χ0v) is 15.5. The number of fused-ring (bicyclic) bond motifs is 1. The maximum Gasteiger partial charge on any atom is 0.327 e. The summed E-state index contributed by atoms with van der Waals surface area (Å²) in [5, 5.41) is 10.4. The molecule has 1 aliphatic carbocycles. The van der Waals surface area contributed by atoms with E-state index in [4.69, 9.17) is 0 Å². The van der Waals surface area contributed by atoms with Gasteiger partial charge < -0.3 is 5.11 Å². The van der Waals surface area contributed by atoms with Crippen molar-refractivity contribution in [1.82, 2.24) is 4.57 Å². The van der Waals surface area contributed by atoms with Crippen LogP contribution in [0.5, 0.6) is 0 Å². The number of carboxylic acid groups (broad SMARTS) is 1. The summed E-state index contributed by atoms with van der Waals surface area (Å²) in [5.74, 6) is -0.0690. The molecule has 2 heterocycles. The molecule has 0 spiro atoms. The van der Waals surface area contributed by atoms with E-state index in [1.165, 1.54) is 41.2 Å². The molecule has 1 fully saturated rings. The summed E-state index contributed by atoms with van der Waals surface area (Å²) in [6.07, 6.45) is 6.68. The minimum absolute atomic E-state index is 0.158. The first kappa shape index (κ1) is 17.4. The molecular weight excluding hydrogens is 346 g/mol. The highest BCUT2D eigenvalue weighted by molar-refractivity contribution is 7.99. The molecule has 1 aliphatic heterocycles. The van der Waals surface area contributed by atoms with Crippen molar-refractivity contribution in [2.45, 2.75) is 55.5 Å². The topological polar surface area (TPSA) is 59.3 Å². The van der Waals surface area contributed by atoms with Gasteiger partial charge >= 0.3 is 5.97 Å². The van der Waals surface area contributed by atoms with Crippen molar-refractivity contribution < 1.29 is 9.90 Å². The Bertz CT molecular complexity index is 869. The van der Waals surface area contributed by atoms with Gasteiger partial charge in [-0.15, -0.1) is 11.8 Å². The summed E-state index contributed by atoms with van der Waals surface area (Å²) in [5.41, 5.74) is 3.36. The molecule has 5 heteroatoms. The van der Waals surface area contributed by atoms with E-state index in [0.717, 1.165) is 35.4 Å². The van der Waals surface area contributed by atoms with Gasteiger partial charge in [0.25, 0.3) is 5.56 Å². The van der Waals surface area contributed by atoms with Gasteiger partial charge in [-0.2, -0.15) is 0 Å². The maximum absolute atomic E-state index is 12.8. The van der Waals surface area contributed by atoms with Gasteiger partial charge in [0.15, 0.2) is 0 Å². The van der Waals surface area contributed by atoms with E-state index in [0.29, 0.717) is 11.7 Å². The molecule has 2 aliphatic rings. The van der Waals surface area contributed by atoms with E-state index >= 15 is 0 Å². The fourth-order valence-electron chi connectivity index (χ4n) is 4.28. The van der Waals surface area contributed by atoms with E-state index in [1.54, 1.807) is 6.07 Å². The number of pyridine rings is 1. The highest BCUT2D eigenvalue weighted by atomic mass is 32.2. The molecule has 0 radical (unpaired) electrons. The van der Waals surface area contributed by atoms with Gasteiger partial charge in [-0.05, 0) is 35.4 Å². The summed E-state index contributed by atoms with van der Waals surface area (Å²) in [7, 11) is 0. The lowest BCUT2D eigenvalue weighted by atomic mass is 9.81. The van der Waals surface area contributed by atoms with Crippen LogP contribution in [-0.2, 0) is 11.2 Å². The zero-order chi connectivity index (χ0) is 18.1. The third-order valence-electron chi connectivity index (χ3n) is 5.59. The van der Waals surface area contributed by atoms with Crippen molar-refractivity contribution in [1.29, 1.82) is 0 Å². The summed E-state index contributed by atoms with van der Waals surface area (Å²) >= 11 is 1.52. The summed E-state index contributed by atoms with van der Waals surface area (Å²) in [4.78, 5) is 24.4. The Hall–Kier alpha value is -2.01. The molecule has 1 saturated carbocycles. The highest BCUT2D eigenvalue weighted by Gasteiger charge is 2.34. The number of rotatable bonds is 4. The minimum atomic E-state index is -0.922. The predicted molar refractivity (Wildman–Crippen MR) is 103 cm³/mol. The van der Waals surface area contributed by atoms with Crippen LogP contribution in [0.25, 0.3) is 0 Å². The number of aliphatic carboxylic acids is 1. The van der Waals surface area contributed by atoms with Crippen LogP contribution in [0.2, 0.25) is 0 Å². The van der Waals surface area contributed by atoms with Crippen LogP contribution in [0, 0.1) is 0 Å². The van der Waals surface area contributed by atoms with Crippen LogP contribution in [0.3, 0.4) is 0 Å². The lowest BCUT2D eigenvalue weighted by Gasteiger charge is -2.26. The second-order valence-corrected chi connectivity index (χ2v) is 8.26. The second-order valence-electron chi connectivity index (χ2n) is 7.25. The largest absolute Gasteiger partial charge is 0.480 e. The fraction of sp³-hybridized carbons (Fsp3) is 0.429. The van der Waals surface area contributed by atoms with E-state index in [9.17, 15) is 14.7 Å². The van der Waals surface area contributed by atoms with Crippen molar-refractivity contribution >= 4 is 17.7 Å². The number of aromatic nitrogens is 1. The summed E-state index contributed by atoms with van der Waals surface area (Å²) in [6, 6.07) is 11.2. The van der Waals surface area contributed by atoms with Gasteiger partial charge in [0.2, 0.25) is 0 Å². The molecule has 1 aromatic carbocycles. The van der Waals surface area contributed by atoms with Gasteiger partial charge in [-0.1, -0.05) is 49.6 Å². The van der Waals surface area contributed by atoms with Crippen molar-refractivity contribution in [3.05, 3.63) is 63.4 Å².